The molecule has 4 aromatic rings. The summed E-state index contributed by atoms with van der Waals surface area (Å²) in [5.41, 5.74) is 2.92. The highest BCUT2D eigenvalue weighted by Crippen LogP contribution is 2.41. The third-order valence-corrected chi connectivity index (χ3v) is 7.71. The Morgan fingerprint density at radius 1 is 1.11 bits per heavy atom. The Bertz CT molecular complexity index is 1470. The van der Waals surface area contributed by atoms with E-state index >= 15 is 0 Å². The lowest BCUT2D eigenvalue weighted by molar-refractivity contribution is 0.415. The molecular formula is C27H29FN6O2. The molecule has 0 amide bonds. The van der Waals surface area contributed by atoms with Gasteiger partial charge in [-0.3, -0.25) is 4.79 Å². The Morgan fingerprint density at radius 3 is 2.75 bits per heavy atom. The van der Waals surface area contributed by atoms with Crippen molar-refractivity contribution in [1.29, 1.82) is 0 Å². The third kappa shape index (κ3) is 3.83. The van der Waals surface area contributed by atoms with Gasteiger partial charge in [0, 0.05) is 28.2 Å². The van der Waals surface area contributed by atoms with Crippen LogP contribution in [-0.4, -0.2) is 38.3 Å². The van der Waals surface area contributed by atoms with E-state index in [1.165, 1.54) is 6.07 Å². The van der Waals surface area contributed by atoms with E-state index < -0.39 is 6.04 Å². The van der Waals surface area contributed by atoms with Crippen LogP contribution in [0.5, 0.6) is 5.75 Å². The normalized spacial score (nSPS) is 19.0. The molecule has 0 unspecified atom stereocenters. The number of aromatic amines is 1. The van der Waals surface area contributed by atoms with E-state index in [9.17, 15) is 9.18 Å². The zero-order chi connectivity index (χ0) is 24.8. The van der Waals surface area contributed by atoms with Crippen LogP contribution in [0.4, 0.5) is 10.1 Å². The van der Waals surface area contributed by atoms with Crippen molar-refractivity contribution in [2.45, 2.75) is 63.6 Å². The Hall–Kier alpha value is -3.75. The van der Waals surface area contributed by atoms with Crippen molar-refractivity contribution >= 4 is 16.6 Å². The molecule has 8 nitrogen and oxygen atoms in total. The van der Waals surface area contributed by atoms with Crippen LogP contribution in [0.3, 0.4) is 0 Å². The van der Waals surface area contributed by atoms with Gasteiger partial charge in [-0.25, -0.2) is 9.07 Å². The molecule has 186 valence electrons. The van der Waals surface area contributed by atoms with Crippen molar-refractivity contribution in [2.75, 3.05) is 12.0 Å². The summed E-state index contributed by atoms with van der Waals surface area (Å²) < 4.78 is 21.5. The number of benzene rings is 2. The number of hydrogen-bond acceptors (Lipinski definition) is 6. The first-order chi connectivity index (χ1) is 17.5. The van der Waals surface area contributed by atoms with Gasteiger partial charge in [0.1, 0.15) is 17.6 Å². The largest absolute Gasteiger partial charge is 0.497 e. The van der Waals surface area contributed by atoms with Gasteiger partial charge < -0.3 is 14.6 Å². The van der Waals surface area contributed by atoms with Gasteiger partial charge in [-0.2, -0.15) is 0 Å². The summed E-state index contributed by atoms with van der Waals surface area (Å²) in [5, 5.41) is 13.8. The van der Waals surface area contributed by atoms with Crippen LogP contribution in [-0.2, 0) is 6.42 Å². The van der Waals surface area contributed by atoms with Gasteiger partial charge >= 0.3 is 0 Å². The van der Waals surface area contributed by atoms with Crippen LogP contribution in [0, 0.1) is 5.82 Å². The number of fused-ring (bicyclic) bond motifs is 2. The highest BCUT2D eigenvalue weighted by molar-refractivity contribution is 5.81. The summed E-state index contributed by atoms with van der Waals surface area (Å²) in [6.07, 6.45) is 5.88. The molecule has 0 radical (unpaired) electrons. The molecule has 2 aliphatic rings. The molecule has 6 rings (SSSR count). The number of nitrogens with zero attached hydrogens (tertiary/aromatic N) is 5. The second kappa shape index (κ2) is 9.04. The standard InChI is InChI=1S/C27H29FN6O2/c1-16-7-8-17-13-19(28)9-12-24(17)33(16)25(26-30-31-32-34(26)20-5-3-4-6-20)22-15-18-14-21(36-2)10-11-23(18)29-27(22)35/h9-16,20,25H,3-8H2,1-2H3,(H,29,35)/t16-,25-/m0/s1. The molecule has 36 heavy (non-hydrogen) atoms. The molecule has 3 heterocycles. The monoisotopic (exact) mass is 488 g/mol. The number of ether oxygens (including phenoxy) is 1. The number of methoxy groups -OCH3 is 1. The average molecular weight is 489 g/mol. The van der Waals surface area contributed by atoms with Crippen molar-refractivity contribution in [1.82, 2.24) is 25.2 Å². The molecule has 1 aliphatic heterocycles. The van der Waals surface area contributed by atoms with E-state index in [-0.39, 0.29) is 23.5 Å². The van der Waals surface area contributed by atoms with Gasteiger partial charge in [-0.1, -0.05) is 12.8 Å². The number of pyridine rings is 1. The molecule has 0 bridgehead atoms. The minimum Gasteiger partial charge on any atom is -0.497 e. The smallest absolute Gasteiger partial charge is 0.254 e. The summed E-state index contributed by atoms with van der Waals surface area (Å²) >= 11 is 0. The van der Waals surface area contributed by atoms with Gasteiger partial charge in [0.25, 0.3) is 5.56 Å². The van der Waals surface area contributed by atoms with Crippen LogP contribution >= 0.6 is 0 Å². The van der Waals surface area contributed by atoms with Crippen LogP contribution in [0.15, 0.2) is 47.3 Å². The summed E-state index contributed by atoms with van der Waals surface area (Å²) in [5.74, 6) is 1.09. The molecule has 1 N–H and O–H groups in total. The molecule has 2 aromatic carbocycles. The van der Waals surface area contributed by atoms with Gasteiger partial charge in [0.2, 0.25) is 0 Å². The molecular weight excluding hydrogens is 459 g/mol. The van der Waals surface area contributed by atoms with Crippen LogP contribution in [0.1, 0.15) is 68.1 Å². The third-order valence-electron chi connectivity index (χ3n) is 7.71. The van der Waals surface area contributed by atoms with Gasteiger partial charge in [-0.15, -0.1) is 5.10 Å². The van der Waals surface area contributed by atoms with Crippen LogP contribution in [0.25, 0.3) is 10.9 Å². The van der Waals surface area contributed by atoms with Crippen LogP contribution < -0.4 is 15.2 Å². The topological polar surface area (TPSA) is 88.9 Å². The number of aromatic nitrogens is 5. The minimum absolute atomic E-state index is 0.0853. The quantitative estimate of drug-likeness (QED) is 0.438. The highest BCUT2D eigenvalue weighted by atomic mass is 19.1. The maximum atomic E-state index is 14.2. The fraction of sp³-hybridized carbons (Fsp3) is 0.407. The Kier molecular flexibility index (Phi) is 5.70. The number of aryl methyl sites for hydroxylation is 1. The van der Waals surface area contributed by atoms with E-state index in [1.807, 2.05) is 35.0 Å². The average Bonchev–Trinajstić information content (AvgIpc) is 3.58. The number of H-pyrrole nitrogens is 1. The Labute approximate surface area is 208 Å². The molecule has 0 saturated heterocycles. The summed E-state index contributed by atoms with van der Waals surface area (Å²) in [7, 11) is 1.62. The second-order valence-corrected chi connectivity index (χ2v) is 9.90. The number of hydrogen-bond donors (Lipinski definition) is 1. The van der Waals surface area contributed by atoms with Gasteiger partial charge in [-0.05, 0) is 91.1 Å². The molecule has 1 aliphatic carbocycles. The van der Waals surface area contributed by atoms with Crippen molar-refractivity contribution in [3.8, 4) is 5.75 Å². The summed E-state index contributed by atoms with van der Waals surface area (Å²) in [6.45, 7) is 2.14. The molecule has 1 saturated carbocycles. The van der Waals surface area contributed by atoms with E-state index in [0.717, 1.165) is 60.7 Å². The first-order valence-corrected chi connectivity index (χ1v) is 12.6. The number of halogens is 1. The van der Waals surface area contributed by atoms with Crippen molar-refractivity contribution in [3.63, 3.8) is 0 Å². The SMILES string of the molecule is COc1ccc2[nH]c(=O)c([C@@H](c3nnnn3C3CCCC3)N3c4ccc(F)cc4CC[C@@H]3C)cc2c1. The predicted octanol–water partition coefficient (Wildman–Crippen LogP) is 4.71. The second-order valence-electron chi connectivity index (χ2n) is 9.90. The lowest BCUT2D eigenvalue weighted by atomic mass is 9.92. The van der Waals surface area contributed by atoms with Crippen LogP contribution in [0.2, 0.25) is 0 Å². The molecule has 2 atom stereocenters. The minimum atomic E-state index is -0.542. The highest BCUT2D eigenvalue weighted by Gasteiger charge is 2.38. The van der Waals surface area contributed by atoms with Gasteiger partial charge in [0.15, 0.2) is 5.82 Å². The summed E-state index contributed by atoms with van der Waals surface area (Å²) in [4.78, 5) is 18.9. The van der Waals surface area contributed by atoms with Crippen molar-refractivity contribution < 1.29 is 9.13 Å². The molecule has 1 fully saturated rings. The number of nitrogens with one attached hydrogen (secondary N) is 1. The first-order valence-electron chi connectivity index (χ1n) is 12.6. The van der Waals surface area contributed by atoms with E-state index in [0.29, 0.717) is 17.1 Å². The van der Waals surface area contributed by atoms with E-state index in [4.69, 9.17) is 4.74 Å². The van der Waals surface area contributed by atoms with E-state index in [2.05, 4.69) is 32.3 Å². The fourth-order valence-electron chi connectivity index (χ4n) is 5.88. The fourth-order valence-corrected chi connectivity index (χ4v) is 5.88. The van der Waals surface area contributed by atoms with Crippen molar-refractivity contribution in [2.24, 2.45) is 0 Å². The zero-order valence-corrected chi connectivity index (χ0v) is 20.4. The number of rotatable bonds is 5. The zero-order valence-electron chi connectivity index (χ0n) is 20.4. The van der Waals surface area contributed by atoms with Gasteiger partial charge in [0.05, 0.1) is 13.2 Å². The maximum Gasteiger partial charge on any atom is 0.254 e. The Balaban J connectivity index is 1.59. The Morgan fingerprint density at radius 2 is 1.94 bits per heavy atom. The lowest BCUT2D eigenvalue weighted by Gasteiger charge is -2.42. The number of anilines is 1. The summed E-state index contributed by atoms with van der Waals surface area (Å²) in [6, 6.07) is 12.1. The predicted molar refractivity (Wildman–Crippen MR) is 135 cm³/mol. The van der Waals surface area contributed by atoms with Crippen molar-refractivity contribution in [3.05, 3.63) is 75.6 Å². The lowest BCUT2D eigenvalue weighted by Crippen LogP contribution is -2.44. The first kappa shape index (κ1) is 22.7. The number of tetrazole rings is 1. The molecule has 2 aromatic heterocycles. The van der Waals surface area contributed by atoms with E-state index in [1.54, 1.807) is 13.2 Å². The maximum absolute atomic E-state index is 14.2. The molecule has 9 heteroatoms. The molecule has 0 spiro atoms.